The molecule has 1 unspecified atom stereocenters. The second kappa shape index (κ2) is 9.27. The average Bonchev–Trinajstić information content (AvgIpc) is 3.20. The Kier molecular flexibility index (Phi) is 6.78. The Morgan fingerprint density at radius 1 is 1.00 bits per heavy atom. The van der Waals surface area contributed by atoms with E-state index in [1.807, 2.05) is 36.4 Å². The van der Waals surface area contributed by atoms with Gasteiger partial charge in [0.1, 0.15) is 11.7 Å². The molecule has 27 heavy (non-hydrogen) atoms. The van der Waals surface area contributed by atoms with Crippen molar-refractivity contribution in [2.45, 2.75) is 18.7 Å². The van der Waals surface area contributed by atoms with Crippen LogP contribution in [-0.2, 0) is 24.6 Å². The Bertz CT molecular complexity index is 861. The Balaban J connectivity index is 1.82. The molecule has 3 rings (SSSR count). The van der Waals surface area contributed by atoms with Crippen LogP contribution in [-0.4, -0.2) is 27.0 Å². The Morgan fingerprint density at radius 3 is 2.00 bits per heavy atom. The molecule has 5 heteroatoms. The van der Waals surface area contributed by atoms with Crippen LogP contribution in [0.4, 0.5) is 0 Å². The van der Waals surface area contributed by atoms with Crippen molar-refractivity contribution in [1.82, 2.24) is 9.55 Å². The normalized spacial score (nSPS) is 12.6. The fourth-order valence-electron chi connectivity index (χ4n) is 3.17. The monoisotopic (exact) mass is 396 g/mol. The molecular weight excluding hydrogens is 371 g/mol. The first-order valence-corrected chi connectivity index (χ1v) is 12.4. The van der Waals surface area contributed by atoms with Gasteiger partial charge in [0.25, 0.3) is 0 Å². The van der Waals surface area contributed by atoms with E-state index >= 15 is 0 Å². The summed E-state index contributed by atoms with van der Waals surface area (Å²) in [5.74, 6) is -0.123. The van der Waals surface area contributed by atoms with E-state index in [9.17, 15) is 5.11 Å². The zero-order chi connectivity index (χ0) is 19.1. The number of aliphatic hydroxyl groups is 1. The standard InChI is InChI=1S/C22H25N2OPS/c1-2-24-16-15-23-21(24)22(25)26(27,17-13-19-9-5-3-6-10-19)18-14-20-11-7-4-8-12-20/h2-12,15-16,22,25H,1,13-14,17-18H2. The van der Waals surface area contributed by atoms with Crippen molar-refractivity contribution in [3.05, 3.63) is 96.6 Å². The third kappa shape index (κ3) is 5.04. The van der Waals surface area contributed by atoms with Gasteiger partial charge in [0.15, 0.2) is 0 Å². The van der Waals surface area contributed by atoms with E-state index in [0.717, 1.165) is 25.2 Å². The van der Waals surface area contributed by atoms with Gasteiger partial charge >= 0.3 is 0 Å². The zero-order valence-corrected chi connectivity index (χ0v) is 17.0. The molecule has 1 heterocycles. The fourth-order valence-corrected chi connectivity index (χ4v) is 6.61. The highest BCUT2D eigenvalue weighted by atomic mass is 32.4. The molecule has 0 saturated heterocycles. The minimum absolute atomic E-state index is 0.606. The lowest BCUT2D eigenvalue weighted by Crippen LogP contribution is -2.12. The second-order valence-electron chi connectivity index (χ2n) is 6.62. The van der Waals surface area contributed by atoms with Crippen molar-refractivity contribution >= 4 is 24.0 Å². The maximum absolute atomic E-state index is 11.2. The van der Waals surface area contributed by atoms with Gasteiger partial charge in [0.2, 0.25) is 0 Å². The number of aliphatic hydroxyl groups excluding tert-OH is 1. The van der Waals surface area contributed by atoms with Gasteiger partial charge in [-0.05, 0) is 42.3 Å². The Hall–Kier alpha value is -2.00. The van der Waals surface area contributed by atoms with E-state index in [2.05, 4.69) is 35.8 Å². The van der Waals surface area contributed by atoms with Gasteiger partial charge in [-0.15, -0.1) is 0 Å². The number of aryl methyl sites for hydroxylation is 2. The van der Waals surface area contributed by atoms with Crippen LogP contribution < -0.4 is 0 Å². The van der Waals surface area contributed by atoms with E-state index in [4.69, 9.17) is 11.8 Å². The van der Waals surface area contributed by atoms with Crippen molar-refractivity contribution in [2.24, 2.45) is 0 Å². The molecule has 0 radical (unpaired) electrons. The molecular formula is C22H25N2OPS. The maximum Gasteiger partial charge on any atom is 0.146 e. The largest absolute Gasteiger partial charge is 0.380 e. The van der Waals surface area contributed by atoms with E-state index < -0.39 is 11.9 Å². The van der Waals surface area contributed by atoms with Crippen molar-refractivity contribution in [3.63, 3.8) is 0 Å². The quantitative estimate of drug-likeness (QED) is 0.521. The third-order valence-corrected chi connectivity index (χ3v) is 9.59. The minimum Gasteiger partial charge on any atom is -0.380 e. The smallest absolute Gasteiger partial charge is 0.146 e. The number of imidazole rings is 1. The molecule has 140 valence electrons. The van der Waals surface area contributed by atoms with E-state index in [0.29, 0.717) is 5.82 Å². The van der Waals surface area contributed by atoms with E-state index in [1.54, 1.807) is 23.2 Å². The molecule has 0 amide bonds. The van der Waals surface area contributed by atoms with Gasteiger partial charge in [-0.2, -0.15) is 0 Å². The van der Waals surface area contributed by atoms with Gasteiger partial charge in [-0.3, -0.25) is 0 Å². The third-order valence-electron chi connectivity index (χ3n) is 4.82. The van der Waals surface area contributed by atoms with Crippen LogP contribution in [0.25, 0.3) is 6.20 Å². The first-order valence-electron chi connectivity index (χ1n) is 9.11. The molecule has 1 aromatic heterocycles. The van der Waals surface area contributed by atoms with Crippen LogP contribution in [0.1, 0.15) is 22.8 Å². The van der Waals surface area contributed by atoms with Gasteiger partial charge in [0, 0.05) is 18.6 Å². The van der Waals surface area contributed by atoms with E-state index in [-0.39, 0.29) is 0 Å². The first kappa shape index (κ1) is 19.8. The van der Waals surface area contributed by atoms with Crippen LogP contribution in [0, 0.1) is 0 Å². The average molecular weight is 396 g/mol. The highest BCUT2D eigenvalue weighted by Crippen LogP contribution is 2.58. The van der Waals surface area contributed by atoms with Gasteiger partial charge in [-0.25, -0.2) is 4.98 Å². The predicted octanol–water partition coefficient (Wildman–Crippen LogP) is 4.94. The molecule has 0 spiro atoms. The SMILES string of the molecule is C=Cn1ccnc1C(O)P(=S)(CCc1ccccc1)CCc1ccccc1. The van der Waals surface area contributed by atoms with Crippen LogP contribution in [0.15, 0.2) is 79.6 Å². The molecule has 1 N–H and O–H groups in total. The van der Waals surface area contributed by atoms with Crippen molar-refractivity contribution in [2.75, 3.05) is 12.3 Å². The lowest BCUT2D eigenvalue weighted by molar-refractivity contribution is 0.251. The summed E-state index contributed by atoms with van der Waals surface area (Å²) in [6, 6.07) is 18.6. The predicted molar refractivity (Wildman–Crippen MR) is 118 cm³/mol. The summed E-state index contributed by atoms with van der Waals surface area (Å²) >= 11 is 6.15. The van der Waals surface area contributed by atoms with Crippen molar-refractivity contribution in [1.29, 1.82) is 0 Å². The molecule has 0 aliphatic rings. The van der Waals surface area contributed by atoms with Crippen LogP contribution in [0.2, 0.25) is 0 Å². The highest BCUT2D eigenvalue weighted by molar-refractivity contribution is 8.14. The molecule has 1 atom stereocenters. The number of nitrogens with zero attached hydrogens (tertiary/aromatic N) is 2. The minimum atomic E-state index is -2.11. The molecule has 0 aliphatic carbocycles. The summed E-state index contributed by atoms with van der Waals surface area (Å²) in [7, 11) is 0. The number of benzene rings is 2. The topological polar surface area (TPSA) is 38.0 Å². The summed E-state index contributed by atoms with van der Waals surface area (Å²) in [6.07, 6.45) is 8.53. The van der Waals surface area contributed by atoms with E-state index in [1.165, 1.54) is 11.1 Å². The second-order valence-corrected chi connectivity index (χ2v) is 12.1. The fraction of sp³-hybridized carbons (Fsp3) is 0.227. The molecule has 0 saturated carbocycles. The Morgan fingerprint density at radius 2 is 1.52 bits per heavy atom. The number of hydrogen-bond acceptors (Lipinski definition) is 3. The number of hydrogen-bond donors (Lipinski definition) is 1. The van der Waals surface area contributed by atoms with Crippen molar-refractivity contribution < 1.29 is 5.11 Å². The Labute approximate surface area is 166 Å². The molecule has 2 aromatic carbocycles. The maximum atomic E-state index is 11.2. The molecule has 3 aromatic rings. The van der Waals surface area contributed by atoms with Crippen LogP contribution >= 0.6 is 6.04 Å². The zero-order valence-electron chi connectivity index (χ0n) is 15.3. The number of rotatable bonds is 9. The van der Waals surface area contributed by atoms with Crippen LogP contribution in [0.5, 0.6) is 0 Å². The lowest BCUT2D eigenvalue weighted by Gasteiger charge is -2.27. The molecule has 0 bridgehead atoms. The molecule has 0 fully saturated rings. The van der Waals surface area contributed by atoms with Gasteiger partial charge in [0.05, 0.1) is 0 Å². The van der Waals surface area contributed by atoms with Crippen molar-refractivity contribution in [3.8, 4) is 0 Å². The highest BCUT2D eigenvalue weighted by Gasteiger charge is 2.30. The number of aromatic nitrogens is 2. The summed E-state index contributed by atoms with van der Waals surface area (Å²) in [4.78, 5) is 4.37. The summed E-state index contributed by atoms with van der Waals surface area (Å²) < 4.78 is 1.77. The molecule has 3 nitrogen and oxygen atoms in total. The summed E-state index contributed by atoms with van der Waals surface area (Å²) in [5.41, 5.74) is 2.51. The first-order chi connectivity index (χ1) is 13.1. The van der Waals surface area contributed by atoms with Crippen LogP contribution in [0.3, 0.4) is 0 Å². The van der Waals surface area contributed by atoms with Gasteiger partial charge in [-0.1, -0.05) is 79.0 Å². The summed E-state index contributed by atoms with van der Waals surface area (Å²) in [5, 5.41) is 11.2. The summed E-state index contributed by atoms with van der Waals surface area (Å²) in [6.45, 7) is 3.81. The molecule has 0 aliphatic heterocycles. The van der Waals surface area contributed by atoms with Gasteiger partial charge < -0.3 is 9.67 Å². The lowest BCUT2D eigenvalue weighted by atomic mass is 10.2.